The predicted octanol–water partition coefficient (Wildman–Crippen LogP) is 5.37. The fraction of sp³-hybridized carbons (Fsp3) is 0.143. The Bertz CT molecular complexity index is 951. The van der Waals surface area contributed by atoms with E-state index >= 15 is 0 Å². The molecule has 0 radical (unpaired) electrons. The van der Waals surface area contributed by atoms with Crippen LogP contribution < -0.4 is 14.8 Å². The summed E-state index contributed by atoms with van der Waals surface area (Å²) in [5.74, 6) is 0.650. The van der Waals surface area contributed by atoms with E-state index in [1.807, 2.05) is 24.3 Å². The van der Waals surface area contributed by atoms with E-state index in [0.717, 1.165) is 5.69 Å². The highest BCUT2D eigenvalue weighted by Gasteiger charge is 2.17. The summed E-state index contributed by atoms with van der Waals surface area (Å²) in [4.78, 5) is 16.7. The molecule has 1 N–H and O–H groups in total. The SMILES string of the molecule is CC(Oc1cccc(Cl)c1Cl)C(=O)Nc1cccc(OCc2ccccn2)c1. The van der Waals surface area contributed by atoms with Gasteiger partial charge in [0.15, 0.2) is 6.10 Å². The number of amides is 1. The van der Waals surface area contributed by atoms with Crippen molar-refractivity contribution in [2.24, 2.45) is 0 Å². The number of hydrogen-bond donors (Lipinski definition) is 1. The largest absolute Gasteiger partial charge is 0.487 e. The lowest BCUT2D eigenvalue weighted by Gasteiger charge is -2.16. The summed E-state index contributed by atoms with van der Waals surface area (Å²) in [6.45, 7) is 1.97. The number of nitrogens with zero attached hydrogens (tertiary/aromatic N) is 1. The quantitative estimate of drug-likeness (QED) is 0.561. The Morgan fingerprint density at radius 3 is 2.71 bits per heavy atom. The molecule has 0 saturated carbocycles. The summed E-state index contributed by atoms with van der Waals surface area (Å²) in [6, 6.07) is 17.7. The molecule has 1 unspecified atom stereocenters. The third-order valence-electron chi connectivity index (χ3n) is 3.80. The molecular formula is C21H18Cl2N2O3. The van der Waals surface area contributed by atoms with Gasteiger partial charge in [-0.15, -0.1) is 0 Å². The zero-order valence-electron chi connectivity index (χ0n) is 15.1. The van der Waals surface area contributed by atoms with Gasteiger partial charge in [0, 0.05) is 18.0 Å². The summed E-state index contributed by atoms with van der Waals surface area (Å²) in [5, 5.41) is 3.44. The average molecular weight is 417 g/mol. The molecule has 0 fully saturated rings. The lowest BCUT2D eigenvalue weighted by Crippen LogP contribution is -2.30. The number of ether oxygens (including phenoxy) is 2. The van der Waals surface area contributed by atoms with Crippen molar-refractivity contribution in [2.75, 3.05) is 5.32 Å². The Balaban J connectivity index is 1.59. The molecule has 144 valence electrons. The standard InChI is InChI=1S/C21H18Cl2N2O3/c1-14(28-19-10-5-9-18(22)20(19)23)21(26)25-15-7-4-8-17(12-15)27-13-16-6-2-3-11-24-16/h2-12,14H,13H2,1H3,(H,25,26). The zero-order valence-corrected chi connectivity index (χ0v) is 16.6. The van der Waals surface area contributed by atoms with E-state index < -0.39 is 6.10 Å². The molecule has 0 aliphatic heterocycles. The molecular weight excluding hydrogens is 399 g/mol. The van der Waals surface area contributed by atoms with Crippen LogP contribution in [0.3, 0.4) is 0 Å². The van der Waals surface area contributed by atoms with Crippen LogP contribution in [0.5, 0.6) is 11.5 Å². The highest BCUT2D eigenvalue weighted by atomic mass is 35.5. The van der Waals surface area contributed by atoms with Crippen molar-refractivity contribution in [3.63, 3.8) is 0 Å². The topological polar surface area (TPSA) is 60.5 Å². The van der Waals surface area contributed by atoms with E-state index in [1.54, 1.807) is 49.5 Å². The number of benzene rings is 2. The Morgan fingerprint density at radius 1 is 1.11 bits per heavy atom. The Morgan fingerprint density at radius 2 is 1.93 bits per heavy atom. The Hall–Kier alpha value is -2.76. The Kier molecular flexibility index (Phi) is 6.74. The van der Waals surface area contributed by atoms with Crippen molar-refractivity contribution in [2.45, 2.75) is 19.6 Å². The summed E-state index contributed by atoms with van der Waals surface area (Å²) in [5.41, 5.74) is 1.41. The van der Waals surface area contributed by atoms with Gasteiger partial charge >= 0.3 is 0 Å². The van der Waals surface area contributed by atoms with Crippen LogP contribution in [0.2, 0.25) is 10.0 Å². The minimum Gasteiger partial charge on any atom is -0.487 e. The van der Waals surface area contributed by atoms with Crippen LogP contribution in [0.15, 0.2) is 66.9 Å². The van der Waals surface area contributed by atoms with Gasteiger partial charge in [0.1, 0.15) is 23.1 Å². The predicted molar refractivity (Wildman–Crippen MR) is 110 cm³/mol. The monoisotopic (exact) mass is 416 g/mol. The summed E-state index contributed by atoms with van der Waals surface area (Å²) in [7, 11) is 0. The molecule has 7 heteroatoms. The highest BCUT2D eigenvalue weighted by Crippen LogP contribution is 2.32. The molecule has 1 atom stereocenters. The van der Waals surface area contributed by atoms with Crippen molar-refractivity contribution in [3.8, 4) is 11.5 Å². The van der Waals surface area contributed by atoms with Gasteiger partial charge < -0.3 is 14.8 Å². The number of carbonyl (C=O) groups is 1. The minimum atomic E-state index is -0.769. The third kappa shape index (κ3) is 5.38. The van der Waals surface area contributed by atoms with E-state index in [1.165, 1.54) is 0 Å². The number of hydrogen-bond acceptors (Lipinski definition) is 4. The first-order chi connectivity index (χ1) is 13.5. The summed E-state index contributed by atoms with van der Waals surface area (Å²) < 4.78 is 11.3. The molecule has 0 aliphatic carbocycles. The van der Waals surface area contributed by atoms with Gasteiger partial charge in [0.25, 0.3) is 5.91 Å². The first-order valence-corrected chi connectivity index (χ1v) is 9.33. The fourth-order valence-electron chi connectivity index (χ4n) is 2.37. The summed E-state index contributed by atoms with van der Waals surface area (Å²) >= 11 is 12.1. The third-order valence-corrected chi connectivity index (χ3v) is 4.61. The van der Waals surface area contributed by atoms with Gasteiger partial charge in [-0.05, 0) is 43.3 Å². The number of pyridine rings is 1. The number of halogens is 2. The summed E-state index contributed by atoms with van der Waals surface area (Å²) in [6.07, 6.45) is 0.942. The number of rotatable bonds is 7. The molecule has 0 saturated heterocycles. The first kappa shape index (κ1) is 20.0. The molecule has 3 rings (SSSR count). The van der Waals surface area contributed by atoms with Crippen LogP contribution in [0.1, 0.15) is 12.6 Å². The number of aromatic nitrogens is 1. The van der Waals surface area contributed by atoms with Gasteiger partial charge in [0.2, 0.25) is 0 Å². The normalized spacial score (nSPS) is 11.5. The smallest absolute Gasteiger partial charge is 0.265 e. The molecule has 5 nitrogen and oxygen atoms in total. The molecule has 28 heavy (non-hydrogen) atoms. The maximum Gasteiger partial charge on any atom is 0.265 e. The van der Waals surface area contributed by atoms with Crippen LogP contribution in [0, 0.1) is 0 Å². The second-order valence-electron chi connectivity index (χ2n) is 5.94. The van der Waals surface area contributed by atoms with Crippen LogP contribution in [0.4, 0.5) is 5.69 Å². The molecule has 2 aromatic carbocycles. The highest BCUT2D eigenvalue weighted by molar-refractivity contribution is 6.42. The zero-order chi connectivity index (χ0) is 19.9. The molecule has 1 amide bonds. The van der Waals surface area contributed by atoms with Crippen molar-refractivity contribution in [1.82, 2.24) is 4.98 Å². The van der Waals surface area contributed by atoms with Crippen molar-refractivity contribution in [3.05, 3.63) is 82.6 Å². The first-order valence-electron chi connectivity index (χ1n) is 8.57. The van der Waals surface area contributed by atoms with Crippen molar-refractivity contribution < 1.29 is 14.3 Å². The molecule has 0 aliphatic rings. The molecule has 1 heterocycles. The van der Waals surface area contributed by atoms with Crippen LogP contribution in [0.25, 0.3) is 0 Å². The van der Waals surface area contributed by atoms with Crippen molar-refractivity contribution >= 4 is 34.8 Å². The van der Waals surface area contributed by atoms with Gasteiger partial charge in [-0.2, -0.15) is 0 Å². The van der Waals surface area contributed by atoms with Gasteiger partial charge in [0.05, 0.1) is 10.7 Å². The minimum absolute atomic E-state index is 0.272. The maximum atomic E-state index is 12.4. The van der Waals surface area contributed by atoms with Gasteiger partial charge in [-0.3, -0.25) is 9.78 Å². The molecule has 0 spiro atoms. The maximum absolute atomic E-state index is 12.4. The number of nitrogens with one attached hydrogen (secondary N) is 1. The van der Waals surface area contributed by atoms with Crippen LogP contribution in [-0.2, 0) is 11.4 Å². The molecule has 1 aromatic heterocycles. The van der Waals surface area contributed by atoms with E-state index in [-0.39, 0.29) is 10.9 Å². The number of carbonyl (C=O) groups excluding carboxylic acids is 1. The van der Waals surface area contributed by atoms with Gasteiger partial charge in [-0.25, -0.2) is 0 Å². The van der Waals surface area contributed by atoms with E-state index in [0.29, 0.717) is 28.8 Å². The second kappa shape index (κ2) is 9.44. The van der Waals surface area contributed by atoms with Crippen LogP contribution in [-0.4, -0.2) is 17.0 Å². The van der Waals surface area contributed by atoms with Gasteiger partial charge in [-0.1, -0.05) is 41.4 Å². The second-order valence-corrected chi connectivity index (χ2v) is 6.72. The van der Waals surface area contributed by atoms with E-state index in [2.05, 4.69) is 10.3 Å². The van der Waals surface area contributed by atoms with E-state index in [9.17, 15) is 4.79 Å². The van der Waals surface area contributed by atoms with Crippen molar-refractivity contribution in [1.29, 1.82) is 0 Å². The fourth-order valence-corrected chi connectivity index (χ4v) is 2.70. The van der Waals surface area contributed by atoms with Crippen LogP contribution >= 0.6 is 23.2 Å². The molecule has 0 bridgehead atoms. The lowest BCUT2D eigenvalue weighted by atomic mass is 10.2. The van der Waals surface area contributed by atoms with E-state index in [4.69, 9.17) is 32.7 Å². The average Bonchev–Trinajstić information content (AvgIpc) is 2.71. The number of anilines is 1. The lowest BCUT2D eigenvalue weighted by molar-refractivity contribution is -0.122. The Labute approximate surface area is 173 Å². The molecule has 3 aromatic rings.